The Morgan fingerprint density at radius 2 is 2.00 bits per heavy atom. The molecule has 0 bridgehead atoms. The summed E-state index contributed by atoms with van der Waals surface area (Å²) in [6, 6.07) is 8.15. The Morgan fingerprint density at radius 3 is 2.67 bits per heavy atom. The fraction of sp³-hybridized carbons (Fsp3) is 0.474. The van der Waals surface area contributed by atoms with Crippen LogP contribution >= 0.6 is 0 Å². The molecule has 0 spiro atoms. The van der Waals surface area contributed by atoms with Crippen LogP contribution in [0.25, 0.3) is 11.5 Å². The summed E-state index contributed by atoms with van der Waals surface area (Å²) in [4.78, 5) is 16.5. The topological polar surface area (TPSA) is 64.4 Å². The summed E-state index contributed by atoms with van der Waals surface area (Å²) in [7, 11) is 1.68. The number of carbonyl (C=O) groups excluding carboxylic acids is 1. The summed E-state index contributed by atoms with van der Waals surface area (Å²) in [5.41, 5.74) is 2.90. The molecular formula is C19H26N2O3. The highest BCUT2D eigenvalue weighted by Gasteiger charge is 2.14. The smallest absolute Gasteiger partial charge is 0.226 e. The minimum atomic E-state index is -0.0308. The molecule has 5 heteroatoms. The number of nitrogens with zero attached hydrogens (tertiary/aromatic N) is 1. The zero-order chi connectivity index (χ0) is 17.4. The Kier molecular flexibility index (Phi) is 7.00. The summed E-state index contributed by atoms with van der Waals surface area (Å²) >= 11 is 0. The van der Waals surface area contributed by atoms with E-state index in [-0.39, 0.29) is 12.3 Å². The van der Waals surface area contributed by atoms with Gasteiger partial charge in [-0.25, -0.2) is 4.98 Å². The molecule has 24 heavy (non-hydrogen) atoms. The van der Waals surface area contributed by atoms with Crippen LogP contribution in [0.1, 0.15) is 36.8 Å². The molecule has 5 nitrogen and oxygen atoms in total. The van der Waals surface area contributed by atoms with Crippen LogP contribution in [0.5, 0.6) is 0 Å². The van der Waals surface area contributed by atoms with Crippen molar-refractivity contribution in [3.8, 4) is 11.5 Å². The number of nitrogens with one attached hydrogen (secondary N) is 1. The van der Waals surface area contributed by atoms with Gasteiger partial charge in [0, 0.05) is 25.8 Å². The van der Waals surface area contributed by atoms with E-state index in [1.165, 1.54) is 5.56 Å². The number of carbonyl (C=O) groups is 1. The second-order valence-corrected chi connectivity index (χ2v) is 5.80. The summed E-state index contributed by atoms with van der Waals surface area (Å²) < 4.78 is 10.7. The Labute approximate surface area is 143 Å². The highest BCUT2D eigenvalue weighted by Crippen LogP contribution is 2.22. The summed E-state index contributed by atoms with van der Waals surface area (Å²) in [6.45, 7) is 5.34. The van der Waals surface area contributed by atoms with Crippen molar-refractivity contribution in [2.75, 3.05) is 20.3 Å². The average Bonchev–Trinajstić information content (AvgIpc) is 2.95. The predicted molar refractivity (Wildman–Crippen MR) is 93.9 cm³/mol. The van der Waals surface area contributed by atoms with Crippen LogP contribution in [-0.4, -0.2) is 31.2 Å². The number of benzene rings is 1. The lowest BCUT2D eigenvalue weighted by molar-refractivity contribution is -0.120. The van der Waals surface area contributed by atoms with Gasteiger partial charge in [-0.05, 0) is 43.9 Å². The molecule has 130 valence electrons. The highest BCUT2D eigenvalue weighted by atomic mass is 16.5. The third kappa shape index (κ3) is 5.20. The number of aryl methyl sites for hydroxylation is 2. The molecule has 0 unspecified atom stereocenters. The molecule has 0 aliphatic carbocycles. The van der Waals surface area contributed by atoms with E-state index in [2.05, 4.69) is 29.4 Å². The molecular weight excluding hydrogens is 304 g/mol. The van der Waals surface area contributed by atoms with Gasteiger partial charge in [0.2, 0.25) is 11.8 Å². The van der Waals surface area contributed by atoms with Gasteiger partial charge in [-0.1, -0.05) is 19.1 Å². The maximum Gasteiger partial charge on any atom is 0.226 e. The first-order valence-corrected chi connectivity index (χ1v) is 8.45. The number of rotatable bonds is 9. The quantitative estimate of drug-likeness (QED) is 0.717. The number of hydrogen-bond donors (Lipinski definition) is 1. The van der Waals surface area contributed by atoms with E-state index in [0.717, 1.165) is 31.4 Å². The van der Waals surface area contributed by atoms with Crippen LogP contribution in [-0.2, 0) is 22.4 Å². The molecule has 0 atom stereocenters. The Balaban J connectivity index is 1.92. The second-order valence-electron chi connectivity index (χ2n) is 5.80. The zero-order valence-electron chi connectivity index (χ0n) is 14.7. The number of ether oxygens (including phenoxy) is 1. The first kappa shape index (κ1) is 18.2. The minimum absolute atomic E-state index is 0.0308. The van der Waals surface area contributed by atoms with E-state index in [1.54, 1.807) is 7.11 Å². The normalized spacial score (nSPS) is 10.8. The number of aromatic nitrogens is 1. The fourth-order valence-corrected chi connectivity index (χ4v) is 2.41. The van der Waals surface area contributed by atoms with Gasteiger partial charge in [0.1, 0.15) is 5.76 Å². The Bertz CT molecular complexity index is 647. The molecule has 0 saturated carbocycles. The highest BCUT2D eigenvalue weighted by molar-refractivity contribution is 5.78. The van der Waals surface area contributed by atoms with E-state index >= 15 is 0 Å². The molecule has 2 rings (SSSR count). The third-order valence-corrected chi connectivity index (χ3v) is 3.93. The number of unbranched alkanes of at least 4 members (excludes halogenated alkanes) is 1. The minimum Gasteiger partial charge on any atom is -0.441 e. The SMILES string of the molecule is CCc1ccc(-c2nc(CC(=O)NCCCCOC)c(C)o2)cc1. The van der Waals surface area contributed by atoms with Crippen molar-refractivity contribution < 1.29 is 13.9 Å². The molecule has 1 N–H and O–H groups in total. The van der Waals surface area contributed by atoms with Gasteiger partial charge in [0.05, 0.1) is 12.1 Å². The molecule has 0 aliphatic rings. The van der Waals surface area contributed by atoms with Crippen molar-refractivity contribution in [2.24, 2.45) is 0 Å². The first-order valence-electron chi connectivity index (χ1n) is 8.45. The van der Waals surface area contributed by atoms with Gasteiger partial charge in [-0.15, -0.1) is 0 Å². The van der Waals surface area contributed by atoms with Crippen LogP contribution in [0.4, 0.5) is 0 Å². The van der Waals surface area contributed by atoms with Crippen molar-refractivity contribution in [3.05, 3.63) is 41.3 Å². The Morgan fingerprint density at radius 1 is 1.25 bits per heavy atom. The molecule has 1 aromatic heterocycles. The molecule has 1 heterocycles. The van der Waals surface area contributed by atoms with E-state index in [0.29, 0.717) is 23.9 Å². The zero-order valence-corrected chi connectivity index (χ0v) is 14.7. The van der Waals surface area contributed by atoms with Crippen LogP contribution in [0.2, 0.25) is 0 Å². The maximum atomic E-state index is 12.0. The lowest BCUT2D eigenvalue weighted by Crippen LogP contribution is -2.26. The van der Waals surface area contributed by atoms with Crippen molar-refractivity contribution in [3.63, 3.8) is 0 Å². The van der Waals surface area contributed by atoms with Gasteiger partial charge in [-0.2, -0.15) is 0 Å². The van der Waals surface area contributed by atoms with Crippen LogP contribution in [0.3, 0.4) is 0 Å². The number of amides is 1. The number of methoxy groups -OCH3 is 1. The van der Waals surface area contributed by atoms with Crippen LogP contribution < -0.4 is 5.32 Å². The van der Waals surface area contributed by atoms with Gasteiger partial charge in [-0.3, -0.25) is 4.79 Å². The number of oxazole rings is 1. The molecule has 0 saturated heterocycles. The van der Waals surface area contributed by atoms with Gasteiger partial charge in [0.15, 0.2) is 0 Å². The molecule has 0 aliphatic heterocycles. The molecule has 2 aromatic rings. The molecule has 0 fully saturated rings. The fourth-order valence-electron chi connectivity index (χ4n) is 2.41. The molecule has 0 radical (unpaired) electrons. The lowest BCUT2D eigenvalue weighted by Gasteiger charge is -2.03. The second kappa shape index (κ2) is 9.23. The monoisotopic (exact) mass is 330 g/mol. The standard InChI is InChI=1S/C19H26N2O3/c1-4-15-7-9-16(10-8-15)19-21-17(14(2)24-19)13-18(22)20-11-5-6-12-23-3/h7-10H,4-6,11-13H2,1-3H3,(H,20,22). The Hall–Kier alpha value is -2.14. The van der Waals surface area contributed by atoms with Crippen LogP contribution in [0, 0.1) is 6.92 Å². The average molecular weight is 330 g/mol. The van der Waals surface area contributed by atoms with Crippen molar-refractivity contribution in [2.45, 2.75) is 39.5 Å². The maximum absolute atomic E-state index is 12.0. The molecule has 1 amide bonds. The van der Waals surface area contributed by atoms with E-state index in [4.69, 9.17) is 9.15 Å². The van der Waals surface area contributed by atoms with Crippen LogP contribution in [0.15, 0.2) is 28.7 Å². The lowest BCUT2D eigenvalue weighted by atomic mass is 10.1. The van der Waals surface area contributed by atoms with E-state index < -0.39 is 0 Å². The summed E-state index contributed by atoms with van der Waals surface area (Å²) in [5.74, 6) is 1.23. The van der Waals surface area contributed by atoms with Gasteiger partial charge >= 0.3 is 0 Å². The summed E-state index contributed by atoms with van der Waals surface area (Å²) in [5, 5.41) is 2.91. The van der Waals surface area contributed by atoms with Crippen molar-refractivity contribution >= 4 is 5.91 Å². The van der Waals surface area contributed by atoms with E-state index in [1.807, 2.05) is 19.1 Å². The first-order chi connectivity index (χ1) is 11.6. The van der Waals surface area contributed by atoms with Crippen molar-refractivity contribution in [1.29, 1.82) is 0 Å². The van der Waals surface area contributed by atoms with Gasteiger partial charge in [0.25, 0.3) is 0 Å². The van der Waals surface area contributed by atoms with Gasteiger partial charge < -0.3 is 14.5 Å². The van der Waals surface area contributed by atoms with E-state index in [9.17, 15) is 4.79 Å². The predicted octanol–water partition coefficient (Wildman–Crippen LogP) is 3.30. The largest absolute Gasteiger partial charge is 0.441 e. The number of hydrogen-bond acceptors (Lipinski definition) is 4. The third-order valence-electron chi connectivity index (χ3n) is 3.93. The molecule has 1 aromatic carbocycles. The van der Waals surface area contributed by atoms with Crippen molar-refractivity contribution in [1.82, 2.24) is 10.3 Å². The summed E-state index contributed by atoms with van der Waals surface area (Å²) in [6.07, 6.45) is 3.09.